The van der Waals surface area contributed by atoms with Crippen LogP contribution in [0.5, 0.6) is 11.5 Å². The fourth-order valence-corrected chi connectivity index (χ4v) is 4.19. The van der Waals surface area contributed by atoms with Gasteiger partial charge in [-0.15, -0.1) is 0 Å². The number of nitrogens with zero attached hydrogens (tertiary/aromatic N) is 3. The Labute approximate surface area is 172 Å². The first-order valence-electron chi connectivity index (χ1n) is 10.6. The van der Waals surface area contributed by atoms with Crippen LogP contribution >= 0.6 is 0 Å². The molecule has 1 aromatic heterocycles. The zero-order valence-electron chi connectivity index (χ0n) is 17.3. The third kappa shape index (κ3) is 4.02. The van der Waals surface area contributed by atoms with Gasteiger partial charge in [-0.2, -0.15) is 0 Å². The summed E-state index contributed by atoms with van der Waals surface area (Å²) in [5, 5.41) is 0. The smallest absolute Gasteiger partial charge is 0.257 e. The molecule has 1 saturated heterocycles. The highest BCUT2D eigenvalue weighted by Gasteiger charge is 2.27. The van der Waals surface area contributed by atoms with Crippen LogP contribution in [0.4, 0.5) is 5.82 Å². The number of hydrogen-bond acceptors (Lipinski definition) is 5. The monoisotopic (exact) mass is 395 g/mol. The number of carbonyl (C=O) groups excluding carboxylic acids is 1. The van der Waals surface area contributed by atoms with Crippen molar-refractivity contribution in [2.24, 2.45) is 0 Å². The highest BCUT2D eigenvalue weighted by atomic mass is 16.5. The number of carbonyl (C=O) groups is 1. The van der Waals surface area contributed by atoms with E-state index in [-0.39, 0.29) is 5.91 Å². The van der Waals surface area contributed by atoms with E-state index in [4.69, 9.17) is 9.47 Å². The van der Waals surface area contributed by atoms with Crippen molar-refractivity contribution in [2.45, 2.75) is 39.7 Å². The molecular formula is C23H29N3O3. The van der Waals surface area contributed by atoms with Crippen molar-refractivity contribution in [3.63, 3.8) is 0 Å². The van der Waals surface area contributed by atoms with Gasteiger partial charge in [0.05, 0.1) is 18.8 Å². The predicted octanol–water partition coefficient (Wildman–Crippen LogP) is 3.68. The lowest BCUT2D eigenvalue weighted by molar-refractivity contribution is 0.0734. The van der Waals surface area contributed by atoms with Crippen LogP contribution in [0.3, 0.4) is 0 Å². The number of ether oxygens (including phenoxy) is 2. The SMILES string of the molecule is CCOc1cc2c(cc1OCC)CN(C(=O)c1cccnc1N1CCCC1)CC2. The van der Waals surface area contributed by atoms with Crippen LogP contribution in [0.2, 0.25) is 0 Å². The normalized spacial score (nSPS) is 15.9. The summed E-state index contributed by atoms with van der Waals surface area (Å²) >= 11 is 0. The fourth-order valence-electron chi connectivity index (χ4n) is 4.19. The molecule has 154 valence electrons. The molecule has 29 heavy (non-hydrogen) atoms. The van der Waals surface area contributed by atoms with Crippen molar-refractivity contribution in [1.29, 1.82) is 0 Å². The maximum absolute atomic E-state index is 13.4. The highest BCUT2D eigenvalue weighted by Crippen LogP contribution is 2.34. The lowest BCUT2D eigenvalue weighted by atomic mass is 9.98. The van der Waals surface area contributed by atoms with Crippen molar-refractivity contribution < 1.29 is 14.3 Å². The minimum atomic E-state index is 0.0532. The molecule has 4 rings (SSSR count). The second-order valence-corrected chi connectivity index (χ2v) is 7.48. The maximum atomic E-state index is 13.4. The second-order valence-electron chi connectivity index (χ2n) is 7.48. The zero-order valence-corrected chi connectivity index (χ0v) is 17.3. The average molecular weight is 396 g/mol. The minimum absolute atomic E-state index is 0.0532. The van der Waals surface area contributed by atoms with Crippen LogP contribution in [-0.4, -0.2) is 48.6 Å². The molecule has 2 aliphatic rings. The lowest BCUT2D eigenvalue weighted by Gasteiger charge is -2.31. The molecule has 2 aliphatic heterocycles. The number of rotatable bonds is 6. The Bertz CT molecular complexity index is 878. The van der Waals surface area contributed by atoms with Gasteiger partial charge in [-0.05, 0) is 68.5 Å². The second kappa shape index (κ2) is 8.72. The summed E-state index contributed by atoms with van der Waals surface area (Å²) in [4.78, 5) is 22.1. The van der Waals surface area contributed by atoms with Crippen LogP contribution < -0.4 is 14.4 Å². The molecule has 0 radical (unpaired) electrons. The van der Waals surface area contributed by atoms with Gasteiger partial charge in [-0.25, -0.2) is 4.98 Å². The molecule has 1 aromatic carbocycles. The first-order valence-corrected chi connectivity index (χ1v) is 10.6. The third-order valence-corrected chi connectivity index (χ3v) is 5.59. The summed E-state index contributed by atoms with van der Waals surface area (Å²) in [7, 11) is 0. The van der Waals surface area contributed by atoms with Crippen LogP contribution in [0, 0.1) is 0 Å². The molecule has 0 unspecified atom stereocenters. The average Bonchev–Trinajstić information content (AvgIpc) is 3.28. The molecule has 0 atom stereocenters. The molecular weight excluding hydrogens is 366 g/mol. The van der Waals surface area contributed by atoms with E-state index in [9.17, 15) is 4.79 Å². The largest absolute Gasteiger partial charge is 0.490 e. The summed E-state index contributed by atoms with van der Waals surface area (Å²) in [6, 6.07) is 7.87. The summed E-state index contributed by atoms with van der Waals surface area (Å²) in [5.41, 5.74) is 3.06. The number of fused-ring (bicyclic) bond motifs is 1. The van der Waals surface area contributed by atoms with Gasteiger partial charge in [0.25, 0.3) is 5.91 Å². The quantitative estimate of drug-likeness (QED) is 0.747. The van der Waals surface area contributed by atoms with Gasteiger partial charge in [0.2, 0.25) is 0 Å². The molecule has 0 spiro atoms. The van der Waals surface area contributed by atoms with Crippen molar-refractivity contribution >= 4 is 11.7 Å². The summed E-state index contributed by atoms with van der Waals surface area (Å²) in [5.74, 6) is 2.41. The van der Waals surface area contributed by atoms with Crippen LogP contribution in [0.25, 0.3) is 0 Å². The molecule has 1 amide bonds. The zero-order chi connectivity index (χ0) is 20.2. The van der Waals surface area contributed by atoms with Gasteiger partial charge in [0.1, 0.15) is 5.82 Å². The molecule has 6 nitrogen and oxygen atoms in total. The van der Waals surface area contributed by atoms with Crippen LogP contribution in [0.1, 0.15) is 48.2 Å². The minimum Gasteiger partial charge on any atom is -0.490 e. The van der Waals surface area contributed by atoms with E-state index < -0.39 is 0 Å². The summed E-state index contributed by atoms with van der Waals surface area (Å²) in [6.07, 6.45) is 4.90. The van der Waals surface area contributed by atoms with E-state index >= 15 is 0 Å². The summed E-state index contributed by atoms with van der Waals surface area (Å²) < 4.78 is 11.5. The van der Waals surface area contributed by atoms with Crippen molar-refractivity contribution in [1.82, 2.24) is 9.88 Å². The van der Waals surface area contributed by atoms with Crippen molar-refractivity contribution in [2.75, 3.05) is 37.7 Å². The number of pyridine rings is 1. The molecule has 0 bridgehead atoms. The number of aromatic nitrogens is 1. The van der Waals surface area contributed by atoms with Crippen LogP contribution in [0.15, 0.2) is 30.5 Å². The molecule has 0 N–H and O–H groups in total. The van der Waals surface area contributed by atoms with E-state index in [0.717, 1.165) is 55.2 Å². The number of anilines is 1. The lowest BCUT2D eigenvalue weighted by Crippen LogP contribution is -2.37. The van der Waals surface area contributed by atoms with Crippen molar-refractivity contribution in [3.8, 4) is 11.5 Å². The van der Waals surface area contributed by atoms with Gasteiger partial charge in [0.15, 0.2) is 11.5 Å². The number of benzene rings is 1. The van der Waals surface area contributed by atoms with Gasteiger partial charge in [-0.1, -0.05) is 0 Å². The molecule has 0 aliphatic carbocycles. The Morgan fingerprint density at radius 2 is 1.72 bits per heavy atom. The van der Waals surface area contributed by atoms with Gasteiger partial charge in [0, 0.05) is 32.4 Å². The van der Waals surface area contributed by atoms with Crippen LogP contribution in [-0.2, 0) is 13.0 Å². The Morgan fingerprint density at radius 1 is 1.03 bits per heavy atom. The number of amides is 1. The topological polar surface area (TPSA) is 54.9 Å². The summed E-state index contributed by atoms with van der Waals surface area (Å²) in [6.45, 7) is 8.33. The predicted molar refractivity (Wildman–Crippen MR) is 113 cm³/mol. The molecule has 0 saturated carbocycles. The maximum Gasteiger partial charge on any atom is 0.257 e. The molecule has 1 fully saturated rings. The Morgan fingerprint density at radius 3 is 2.41 bits per heavy atom. The number of hydrogen-bond donors (Lipinski definition) is 0. The Hall–Kier alpha value is -2.76. The Balaban J connectivity index is 1.58. The molecule has 6 heteroatoms. The van der Waals surface area contributed by atoms with E-state index in [2.05, 4.69) is 16.0 Å². The standard InChI is InChI=1S/C23H29N3O3/c1-3-28-20-14-17-9-13-26(16-18(17)15-21(20)29-4-2)23(27)19-8-7-10-24-22(19)25-11-5-6-12-25/h7-8,10,14-15H,3-6,9,11-13,16H2,1-2H3. The molecule has 2 aromatic rings. The Kier molecular flexibility index (Phi) is 5.88. The third-order valence-electron chi connectivity index (χ3n) is 5.59. The fraction of sp³-hybridized carbons (Fsp3) is 0.478. The van der Waals surface area contributed by atoms with Crippen molar-refractivity contribution in [3.05, 3.63) is 47.2 Å². The molecule has 3 heterocycles. The first kappa shape index (κ1) is 19.6. The van der Waals surface area contributed by atoms with E-state index in [1.807, 2.05) is 36.9 Å². The van der Waals surface area contributed by atoms with Gasteiger partial charge >= 0.3 is 0 Å². The van der Waals surface area contributed by atoms with E-state index in [0.29, 0.717) is 31.9 Å². The van der Waals surface area contributed by atoms with E-state index in [1.165, 1.54) is 5.56 Å². The highest BCUT2D eigenvalue weighted by molar-refractivity contribution is 5.99. The van der Waals surface area contributed by atoms with Gasteiger partial charge < -0.3 is 19.3 Å². The van der Waals surface area contributed by atoms with Gasteiger partial charge in [-0.3, -0.25) is 4.79 Å². The van der Waals surface area contributed by atoms with E-state index in [1.54, 1.807) is 6.20 Å². The first-order chi connectivity index (χ1) is 14.2.